The van der Waals surface area contributed by atoms with Crippen LogP contribution in [0.4, 0.5) is 15.9 Å². The van der Waals surface area contributed by atoms with Crippen molar-refractivity contribution in [2.75, 3.05) is 23.3 Å². The van der Waals surface area contributed by atoms with E-state index in [2.05, 4.69) is 49.4 Å². The molecular weight excluding hydrogens is 431 g/mol. The Kier molecular flexibility index (Phi) is 5.01. The van der Waals surface area contributed by atoms with Gasteiger partial charge in [-0.25, -0.2) is 19.3 Å². The predicted octanol–water partition coefficient (Wildman–Crippen LogP) is 4.24. The maximum absolute atomic E-state index is 13.8. The van der Waals surface area contributed by atoms with Gasteiger partial charge in [-0.15, -0.1) is 0 Å². The average molecular weight is 457 g/mol. The fraction of sp³-hybridized carbons (Fsp3) is 0.308. The van der Waals surface area contributed by atoms with Gasteiger partial charge in [0.25, 0.3) is 0 Å². The summed E-state index contributed by atoms with van der Waals surface area (Å²) in [6, 6.07) is 13.6. The number of halogens is 1. The van der Waals surface area contributed by atoms with Crippen LogP contribution in [-0.2, 0) is 10.2 Å². The van der Waals surface area contributed by atoms with Crippen LogP contribution < -0.4 is 10.2 Å². The fourth-order valence-corrected chi connectivity index (χ4v) is 4.83. The minimum absolute atomic E-state index is 0.234. The Bertz CT molecular complexity index is 1350. The molecule has 0 spiro atoms. The molecule has 172 valence electrons. The highest BCUT2D eigenvalue weighted by Gasteiger charge is 2.44. The van der Waals surface area contributed by atoms with Crippen molar-refractivity contribution >= 4 is 23.4 Å². The quantitative estimate of drug-likeness (QED) is 0.438. The lowest BCUT2D eigenvalue weighted by Crippen LogP contribution is -2.42. The molecule has 3 aromatic heterocycles. The molecule has 1 saturated heterocycles. The van der Waals surface area contributed by atoms with Gasteiger partial charge in [0.2, 0.25) is 0 Å². The largest absolute Gasteiger partial charge is 0.369 e. The SMILES string of the molecule is O=CC1(c2ccc(N3CCC[C@@H](Nc4ccnc(-c5cnc6ccc(F)cn56)n4)C3)cc2)CC1. The molecule has 1 saturated carbocycles. The molecule has 0 unspecified atom stereocenters. The van der Waals surface area contributed by atoms with Crippen LogP contribution in [0.15, 0.2) is 61.1 Å². The second-order valence-corrected chi connectivity index (χ2v) is 9.23. The van der Waals surface area contributed by atoms with Gasteiger partial charge in [-0.3, -0.25) is 4.40 Å². The Labute approximate surface area is 196 Å². The van der Waals surface area contributed by atoms with Crippen molar-refractivity contribution in [3.05, 3.63) is 72.4 Å². The molecule has 8 heteroatoms. The molecular formula is C26H25FN6O. The molecule has 1 aliphatic carbocycles. The number of anilines is 2. The third-order valence-corrected chi connectivity index (χ3v) is 6.95. The summed E-state index contributed by atoms with van der Waals surface area (Å²) in [6.45, 7) is 1.86. The Morgan fingerprint density at radius 1 is 1.09 bits per heavy atom. The summed E-state index contributed by atoms with van der Waals surface area (Å²) in [5.41, 5.74) is 3.36. The summed E-state index contributed by atoms with van der Waals surface area (Å²) in [4.78, 5) is 27.2. The number of carbonyl (C=O) groups is 1. The summed E-state index contributed by atoms with van der Waals surface area (Å²) in [7, 11) is 0. The number of nitrogens with one attached hydrogen (secondary N) is 1. The van der Waals surface area contributed by atoms with E-state index in [4.69, 9.17) is 0 Å². The second kappa shape index (κ2) is 8.20. The van der Waals surface area contributed by atoms with Gasteiger partial charge in [0.05, 0.1) is 11.6 Å². The monoisotopic (exact) mass is 456 g/mol. The number of nitrogens with zero attached hydrogens (tertiary/aromatic N) is 5. The van der Waals surface area contributed by atoms with E-state index in [1.54, 1.807) is 22.9 Å². The van der Waals surface area contributed by atoms with Crippen LogP contribution in [0, 0.1) is 5.82 Å². The van der Waals surface area contributed by atoms with E-state index >= 15 is 0 Å². The average Bonchev–Trinajstić information content (AvgIpc) is 3.57. The number of hydrogen-bond acceptors (Lipinski definition) is 6. The number of benzene rings is 1. The summed E-state index contributed by atoms with van der Waals surface area (Å²) >= 11 is 0. The summed E-state index contributed by atoms with van der Waals surface area (Å²) in [6.07, 6.45) is 9.89. The van der Waals surface area contributed by atoms with Gasteiger partial charge in [-0.2, -0.15) is 0 Å². The highest BCUT2D eigenvalue weighted by atomic mass is 19.1. The summed E-state index contributed by atoms with van der Waals surface area (Å²) in [5.74, 6) is 0.894. The number of piperidine rings is 1. The van der Waals surface area contributed by atoms with Gasteiger partial charge in [-0.1, -0.05) is 12.1 Å². The topological polar surface area (TPSA) is 75.4 Å². The van der Waals surface area contributed by atoms with Gasteiger partial charge in [-0.05, 0) is 61.6 Å². The van der Waals surface area contributed by atoms with E-state index in [1.165, 1.54) is 18.0 Å². The first-order valence-corrected chi connectivity index (χ1v) is 11.7. The third kappa shape index (κ3) is 3.79. The molecule has 1 aromatic carbocycles. The van der Waals surface area contributed by atoms with Crippen LogP contribution in [0.25, 0.3) is 17.2 Å². The molecule has 0 radical (unpaired) electrons. The minimum atomic E-state index is -0.338. The first-order valence-electron chi connectivity index (χ1n) is 11.7. The number of imidazole rings is 1. The van der Waals surface area contributed by atoms with E-state index in [1.807, 2.05) is 6.07 Å². The normalized spacial score (nSPS) is 19.2. The smallest absolute Gasteiger partial charge is 0.180 e. The summed E-state index contributed by atoms with van der Waals surface area (Å²) in [5, 5.41) is 3.55. The van der Waals surface area contributed by atoms with Crippen LogP contribution >= 0.6 is 0 Å². The molecule has 1 atom stereocenters. The minimum Gasteiger partial charge on any atom is -0.369 e. The lowest BCUT2D eigenvalue weighted by molar-refractivity contribution is -0.109. The standard InChI is InChI=1S/C26H25FN6O/c27-19-5-8-24-29-14-22(33(24)15-19)25-28-12-9-23(31-25)30-20-2-1-13-32(16-20)21-6-3-18(4-7-21)26(17-34)10-11-26/h3-9,12,14-15,17,20H,1-2,10-11,13,16H2,(H,28,30,31)/t20-/m1/s1. The molecule has 1 N–H and O–H groups in total. The third-order valence-electron chi connectivity index (χ3n) is 6.95. The number of rotatable bonds is 6. The number of pyridine rings is 1. The number of carbonyl (C=O) groups excluding carboxylic acids is 1. The molecule has 34 heavy (non-hydrogen) atoms. The predicted molar refractivity (Wildman–Crippen MR) is 128 cm³/mol. The van der Waals surface area contributed by atoms with Crippen LogP contribution in [0.1, 0.15) is 31.2 Å². The first-order chi connectivity index (χ1) is 16.6. The van der Waals surface area contributed by atoms with Gasteiger partial charge in [0.15, 0.2) is 5.82 Å². The first kappa shape index (κ1) is 20.8. The second-order valence-electron chi connectivity index (χ2n) is 9.23. The van der Waals surface area contributed by atoms with Gasteiger partial charge < -0.3 is 15.0 Å². The molecule has 0 bridgehead atoms. The molecule has 1 aliphatic heterocycles. The number of aldehydes is 1. The zero-order valence-corrected chi connectivity index (χ0v) is 18.7. The van der Waals surface area contributed by atoms with Crippen molar-refractivity contribution in [3.63, 3.8) is 0 Å². The van der Waals surface area contributed by atoms with Crippen molar-refractivity contribution in [1.29, 1.82) is 0 Å². The van der Waals surface area contributed by atoms with Gasteiger partial charge in [0, 0.05) is 37.2 Å². The van der Waals surface area contributed by atoms with E-state index in [0.717, 1.165) is 56.4 Å². The lowest BCUT2D eigenvalue weighted by atomic mass is 9.97. The Morgan fingerprint density at radius 3 is 2.74 bits per heavy atom. The highest BCUT2D eigenvalue weighted by molar-refractivity contribution is 5.73. The maximum atomic E-state index is 13.8. The Morgan fingerprint density at radius 2 is 1.94 bits per heavy atom. The van der Waals surface area contributed by atoms with E-state index in [9.17, 15) is 9.18 Å². The van der Waals surface area contributed by atoms with E-state index < -0.39 is 0 Å². The zero-order valence-electron chi connectivity index (χ0n) is 18.7. The maximum Gasteiger partial charge on any atom is 0.180 e. The number of fused-ring (bicyclic) bond motifs is 1. The van der Waals surface area contributed by atoms with E-state index in [0.29, 0.717) is 17.2 Å². The van der Waals surface area contributed by atoms with Crippen molar-refractivity contribution in [1.82, 2.24) is 19.4 Å². The van der Waals surface area contributed by atoms with Gasteiger partial charge >= 0.3 is 0 Å². The lowest BCUT2D eigenvalue weighted by Gasteiger charge is -2.35. The van der Waals surface area contributed by atoms with Crippen molar-refractivity contribution in [3.8, 4) is 11.5 Å². The van der Waals surface area contributed by atoms with Crippen LogP contribution in [0.2, 0.25) is 0 Å². The Hall–Kier alpha value is -3.81. The van der Waals surface area contributed by atoms with Crippen molar-refractivity contribution in [2.24, 2.45) is 0 Å². The molecule has 0 amide bonds. The summed E-state index contributed by atoms with van der Waals surface area (Å²) < 4.78 is 15.4. The molecule has 2 aliphatic rings. The number of aromatic nitrogens is 4. The van der Waals surface area contributed by atoms with Gasteiger partial charge in [0.1, 0.15) is 29.3 Å². The van der Waals surface area contributed by atoms with Crippen LogP contribution in [0.5, 0.6) is 0 Å². The highest BCUT2D eigenvalue weighted by Crippen LogP contribution is 2.46. The van der Waals surface area contributed by atoms with E-state index in [-0.39, 0.29) is 17.3 Å². The zero-order chi connectivity index (χ0) is 23.1. The molecule has 4 heterocycles. The molecule has 2 fully saturated rings. The van der Waals surface area contributed by atoms with Crippen molar-refractivity contribution < 1.29 is 9.18 Å². The number of hydrogen-bond donors (Lipinski definition) is 1. The van der Waals surface area contributed by atoms with Crippen LogP contribution in [-0.4, -0.2) is 44.8 Å². The molecule has 6 rings (SSSR count). The Balaban J connectivity index is 1.17. The molecule has 4 aromatic rings. The van der Waals surface area contributed by atoms with Crippen LogP contribution in [0.3, 0.4) is 0 Å². The van der Waals surface area contributed by atoms with Crippen molar-refractivity contribution in [2.45, 2.75) is 37.1 Å². The molecule has 7 nitrogen and oxygen atoms in total. The fourth-order valence-electron chi connectivity index (χ4n) is 4.83.